The molecule has 3 N–H and O–H groups in total. The normalized spacial score (nSPS) is 11.0. The predicted molar refractivity (Wildman–Crippen MR) is 79.2 cm³/mol. The van der Waals surface area contributed by atoms with Crippen molar-refractivity contribution in [1.29, 1.82) is 0 Å². The van der Waals surface area contributed by atoms with Gasteiger partial charge in [-0.3, -0.25) is 0 Å². The molecule has 0 radical (unpaired) electrons. The second kappa shape index (κ2) is 6.41. The first-order chi connectivity index (χ1) is 9.25. The van der Waals surface area contributed by atoms with Crippen molar-refractivity contribution in [3.05, 3.63) is 29.3 Å². The van der Waals surface area contributed by atoms with Crippen molar-refractivity contribution < 1.29 is 14.7 Å². The molecule has 2 amide bonds. The van der Waals surface area contributed by atoms with Crippen molar-refractivity contribution in [3.8, 4) is 0 Å². The number of hydrogen-bond acceptors (Lipinski definition) is 2. The van der Waals surface area contributed by atoms with Gasteiger partial charge in [0, 0.05) is 12.2 Å². The Morgan fingerprint density at radius 1 is 1.30 bits per heavy atom. The van der Waals surface area contributed by atoms with Crippen LogP contribution in [0.2, 0.25) is 0 Å². The summed E-state index contributed by atoms with van der Waals surface area (Å²) in [5, 5.41) is 14.4. The van der Waals surface area contributed by atoms with Crippen molar-refractivity contribution in [3.63, 3.8) is 0 Å². The number of urea groups is 1. The van der Waals surface area contributed by atoms with E-state index in [1.165, 1.54) is 12.1 Å². The summed E-state index contributed by atoms with van der Waals surface area (Å²) in [7, 11) is 0. The lowest BCUT2D eigenvalue weighted by Gasteiger charge is -2.23. The highest BCUT2D eigenvalue weighted by molar-refractivity contribution is 5.92. The van der Waals surface area contributed by atoms with Crippen molar-refractivity contribution in [1.82, 2.24) is 5.32 Å². The van der Waals surface area contributed by atoms with E-state index in [9.17, 15) is 9.59 Å². The van der Waals surface area contributed by atoms with Crippen LogP contribution in [0.1, 0.15) is 43.1 Å². The molecular weight excluding hydrogens is 256 g/mol. The largest absolute Gasteiger partial charge is 0.478 e. The third-order valence-electron chi connectivity index (χ3n) is 3.41. The van der Waals surface area contributed by atoms with E-state index in [4.69, 9.17) is 5.11 Å². The highest BCUT2D eigenvalue weighted by Gasteiger charge is 2.16. The Morgan fingerprint density at radius 2 is 1.95 bits per heavy atom. The Hall–Kier alpha value is -2.04. The molecule has 0 heterocycles. The number of carbonyl (C=O) groups excluding carboxylic acids is 1. The molecule has 5 heteroatoms. The smallest absolute Gasteiger partial charge is 0.335 e. The number of carboxylic acid groups (broad SMARTS) is 1. The topological polar surface area (TPSA) is 78.4 Å². The summed E-state index contributed by atoms with van der Waals surface area (Å²) in [5.74, 6) is -0.978. The monoisotopic (exact) mass is 278 g/mol. The zero-order valence-electron chi connectivity index (χ0n) is 12.4. The number of rotatable bonds is 5. The number of aryl methyl sites for hydroxylation is 1. The lowest BCUT2D eigenvalue weighted by Crippen LogP contribution is -2.36. The Kier molecular flexibility index (Phi) is 5.13. The van der Waals surface area contributed by atoms with Gasteiger partial charge in [-0.2, -0.15) is 0 Å². The van der Waals surface area contributed by atoms with E-state index in [-0.39, 0.29) is 17.0 Å². The minimum atomic E-state index is -0.978. The van der Waals surface area contributed by atoms with Crippen LogP contribution in [-0.2, 0) is 0 Å². The van der Waals surface area contributed by atoms with E-state index in [0.29, 0.717) is 12.2 Å². The number of hydrogen-bond donors (Lipinski definition) is 3. The number of nitrogens with one attached hydrogen (secondary N) is 2. The quantitative estimate of drug-likeness (QED) is 0.773. The van der Waals surface area contributed by atoms with Gasteiger partial charge >= 0.3 is 12.0 Å². The van der Waals surface area contributed by atoms with Crippen LogP contribution < -0.4 is 10.6 Å². The summed E-state index contributed by atoms with van der Waals surface area (Å²) in [5.41, 5.74) is 1.59. The van der Waals surface area contributed by atoms with Crippen LogP contribution in [-0.4, -0.2) is 23.7 Å². The minimum absolute atomic E-state index is 0.0551. The maximum atomic E-state index is 11.8. The van der Waals surface area contributed by atoms with Crippen molar-refractivity contribution in [2.24, 2.45) is 5.41 Å². The Morgan fingerprint density at radius 3 is 2.45 bits per heavy atom. The number of amides is 2. The standard InChI is InChI=1S/C15H22N2O3/c1-5-15(3,4)9-16-14(20)17-12-7-6-11(13(18)19)8-10(12)2/h6-8H,5,9H2,1-4H3,(H,18,19)(H2,16,17,20). The van der Waals surface area contributed by atoms with E-state index >= 15 is 0 Å². The number of anilines is 1. The first-order valence-corrected chi connectivity index (χ1v) is 6.64. The third kappa shape index (κ3) is 4.57. The summed E-state index contributed by atoms with van der Waals surface area (Å²) in [6.45, 7) is 8.59. The van der Waals surface area contributed by atoms with Crippen LogP contribution in [0.3, 0.4) is 0 Å². The van der Waals surface area contributed by atoms with Crippen LogP contribution >= 0.6 is 0 Å². The van der Waals surface area contributed by atoms with Crippen LogP contribution in [0.5, 0.6) is 0 Å². The molecule has 0 spiro atoms. The third-order valence-corrected chi connectivity index (χ3v) is 3.41. The molecule has 0 saturated carbocycles. The van der Waals surface area contributed by atoms with Gasteiger partial charge in [0.05, 0.1) is 5.56 Å². The zero-order chi connectivity index (χ0) is 15.3. The number of aromatic carboxylic acids is 1. The Labute approximate surface area is 119 Å². The van der Waals surface area contributed by atoms with Gasteiger partial charge in [0.15, 0.2) is 0 Å². The second-order valence-corrected chi connectivity index (χ2v) is 5.66. The molecule has 110 valence electrons. The molecule has 0 unspecified atom stereocenters. The van der Waals surface area contributed by atoms with Gasteiger partial charge in [0.25, 0.3) is 0 Å². The predicted octanol–water partition coefficient (Wildman–Crippen LogP) is 3.25. The Balaban J connectivity index is 2.65. The summed E-state index contributed by atoms with van der Waals surface area (Å²) in [6.07, 6.45) is 0.972. The van der Waals surface area contributed by atoms with Gasteiger partial charge in [0.1, 0.15) is 0 Å². The summed E-state index contributed by atoms with van der Waals surface area (Å²) in [4.78, 5) is 22.6. The average Bonchev–Trinajstić information content (AvgIpc) is 2.39. The fraction of sp³-hybridized carbons (Fsp3) is 0.467. The molecule has 0 aliphatic heterocycles. The number of benzene rings is 1. The molecule has 0 aliphatic carbocycles. The lowest BCUT2D eigenvalue weighted by molar-refractivity contribution is 0.0697. The zero-order valence-corrected chi connectivity index (χ0v) is 12.4. The molecule has 1 rings (SSSR count). The van der Waals surface area contributed by atoms with Crippen molar-refractivity contribution >= 4 is 17.7 Å². The van der Waals surface area contributed by atoms with Crippen molar-refractivity contribution in [2.75, 3.05) is 11.9 Å². The minimum Gasteiger partial charge on any atom is -0.478 e. The highest BCUT2D eigenvalue weighted by atomic mass is 16.4. The molecule has 20 heavy (non-hydrogen) atoms. The summed E-state index contributed by atoms with van der Waals surface area (Å²) in [6, 6.07) is 4.33. The van der Waals surface area contributed by atoms with Gasteiger partial charge < -0.3 is 15.7 Å². The van der Waals surface area contributed by atoms with Gasteiger partial charge in [-0.1, -0.05) is 20.8 Å². The van der Waals surface area contributed by atoms with Gasteiger partial charge in [-0.05, 0) is 42.5 Å². The molecule has 1 aromatic carbocycles. The second-order valence-electron chi connectivity index (χ2n) is 5.66. The number of carbonyl (C=O) groups is 2. The molecule has 1 aromatic rings. The van der Waals surface area contributed by atoms with Gasteiger partial charge in [-0.25, -0.2) is 9.59 Å². The summed E-state index contributed by atoms with van der Waals surface area (Å²) >= 11 is 0. The van der Waals surface area contributed by atoms with Gasteiger partial charge in [0.2, 0.25) is 0 Å². The first-order valence-electron chi connectivity index (χ1n) is 6.64. The molecule has 0 aromatic heterocycles. The molecule has 0 fully saturated rings. The van der Waals surface area contributed by atoms with Crippen LogP contribution in [0.15, 0.2) is 18.2 Å². The van der Waals surface area contributed by atoms with E-state index in [2.05, 4.69) is 31.4 Å². The summed E-state index contributed by atoms with van der Waals surface area (Å²) < 4.78 is 0. The molecule has 0 bridgehead atoms. The molecule has 5 nitrogen and oxygen atoms in total. The average molecular weight is 278 g/mol. The molecule has 0 atom stereocenters. The van der Waals surface area contributed by atoms with E-state index in [1.807, 2.05) is 0 Å². The SMILES string of the molecule is CCC(C)(C)CNC(=O)Nc1ccc(C(=O)O)cc1C. The number of carboxylic acids is 1. The first kappa shape index (κ1) is 16.0. The van der Waals surface area contributed by atoms with Crippen LogP contribution in [0.25, 0.3) is 0 Å². The maximum Gasteiger partial charge on any atom is 0.335 e. The van der Waals surface area contributed by atoms with Crippen LogP contribution in [0, 0.1) is 12.3 Å². The maximum absolute atomic E-state index is 11.8. The van der Waals surface area contributed by atoms with Gasteiger partial charge in [-0.15, -0.1) is 0 Å². The fourth-order valence-corrected chi connectivity index (χ4v) is 1.55. The van der Waals surface area contributed by atoms with Crippen molar-refractivity contribution in [2.45, 2.75) is 34.1 Å². The molecule has 0 saturated heterocycles. The lowest BCUT2D eigenvalue weighted by atomic mass is 9.90. The fourth-order valence-electron chi connectivity index (χ4n) is 1.55. The molecular formula is C15H22N2O3. The Bertz CT molecular complexity index is 510. The molecule has 0 aliphatic rings. The van der Waals surface area contributed by atoms with Crippen LogP contribution in [0.4, 0.5) is 10.5 Å². The highest BCUT2D eigenvalue weighted by Crippen LogP contribution is 2.19. The van der Waals surface area contributed by atoms with E-state index in [0.717, 1.165) is 12.0 Å². The van der Waals surface area contributed by atoms with E-state index in [1.54, 1.807) is 13.0 Å². The van der Waals surface area contributed by atoms with E-state index < -0.39 is 5.97 Å².